The molecule has 2 heterocycles. The van der Waals surface area contributed by atoms with Gasteiger partial charge in [0.2, 0.25) is 15.0 Å². The Kier molecular flexibility index (Phi) is 8.06. The summed E-state index contributed by atoms with van der Waals surface area (Å²) in [5.74, 6) is 0.744. The van der Waals surface area contributed by atoms with Gasteiger partial charge >= 0.3 is 0 Å². The number of sulfone groups is 1. The van der Waals surface area contributed by atoms with Crippen LogP contribution in [0.3, 0.4) is 0 Å². The number of ether oxygens (including phenoxy) is 1. The molecule has 1 atom stereocenters. The zero-order valence-corrected chi connectivity index (χ0v) is 17.0. The van der Waals surface area contributed by atoms with Gasteiger partial charge in [0.25, 0.3) is 0 Å². The molecule has 1 N–H and O–H groups in total. The predicted octanol–water partition coefficient (Wildman–Crippen LogP) is 1.55. The number of likely N-dealkylation sites (tertiary alicyclic amines) is 1. The monoisotopic (exact) mass is 387 g/mol. The molecule has 7 nitrogen and oxygen atoms in total. The summed E-state index contributed by atoms with van der Waals surface area (Å²) in [6, 6.07) is 0. The highest BCUT2D eigenvalue weighted by atomic mass is 32.2. The van der Waals surface area contributed by atoms with Gasteiger partial charge in [-0.3, -0.25) is 4.90 Å². The van der Waals surface area contributed by atoms with Crippen molar-refractivity contribution in [3.63, 3.8) is 0 Å². The molecule has 1 aromatic rings. The van der Waals surface area contributed by atoms with Crippen LogP contribution in [0.4, 0.5) is 0 Å². The van der Waals surface area contributed by atoms with Crippen molar-refractivity contribution < 1.29 is 18.3 Å². The first kappa shape index (κ1) is 21.3. The summed E-state index contributed by atoms with van der Waals surface area (Å²) in [5, 5.41) is 9.57. The third kappa shape index (κ3) is 5.77. The maximum atomic E-state index is 12.8. The SMILES string of the molecule is COCCn1c(CN2CCC[C@H](CO)C2)cnc1S(=O)(=O)CCC(C)C. The molecule has 1 aliphatic heterocycles. The van der Waals surface area contributed by atoms with E-state index in [2.05, 4.69) is 9.88 Å². The summed E-state index contributed by atoms with van der Waals surface area (Å²) in [6.45, 7) is 7.59. The molecule has 150 valence electrons. The van der Waals surface area contributed by atoms with E-state index in [1.165, 1.54) is 0 Å². The maximum absolute atomic E-state index is 12.8. The Bertz CT molecular complexity index is 657. The smallest absolute Gasteiger partial charge is 0.227 e. The van der Waals surface area contributed by atoms with E-state index in [0.29, 0.717) is 38.0 Å². The summed E-state index contributed by atoms with van der Waals surface area (Å²) in [6.07, 6.45) is 4.40. The Morgan fingerprint density at radius 3 is 2.85 bits per heavy atom. The van der Waals surface area contributed by atoms with Gasteiger partial charge in [-0.25, -0.2) is 13.4 Å². The average Bonchev–Trinajstić information content (AvgIpc) is 3.01. The lowest BCUT2D eigenvalue weighted by molar-refractivity contribution is 0.113. The highest BCUT2D eigenvalue weighted by molar-refractivity contribution is 7.91. The Hall–Kier alpha value is -0.960. The maximum Gasteiger partial charge on any atom is 0.227 e. The number of aromatic nitrogens is 2. The Morgan fingerprint density at radius 2 is 2.19 bits per heavy atom. The standard InChI is InChI=1S/C18H33N3O4S/c1-15(2)6-10-26(23,24)18-19-11-17(21(18)8-9-25-3)13-20-7-4-5-16(12-20)14-22/h11,15-16,22H,4-10,12-14H2,1-3H3/t16-/m0/s1. The van der Waals surface area contributed by atoms with Crippen LogP contribution in [0.1, 0.15) is 38.8 Å². The largest absolute Gasteiger partial charge is 0.396 e. The predicted molar refractivity (Wildman–Crippen MR) is 101 cm³/mol. The second-order valence-corrected chi connectivity index (χ2v) is 9.61. The summed E-state index contributed by atoms with van der Waals surface area (Å²) in [4.78, 5) is 6.54. The van der Waals surface area contributed by atoms with Gasteiger partial charge in [0.1, 0.15) is 0 Å². The van der Waals surface area contributed by atoms with E-state index in [1.54, 1.807) is 17.9 Å². The molecule has 1 fully saturated rings. The summed E-state index contributed by atoms with van der Waals surface area (Å²) >= 11 is 0. The number of aliphatic hydroxyl groups excluding tert-OH is 1. The fraction of sp³-hybridized carbons (Fsp3) is 0.833. The lowest BCUT2D eigenvalue weighted by Crippen LogP contribution is -2.37. The molecule has 0 saturated carbocycles. The van der Waals surface area contributed by atoms with E-state index < -0.39 is 9.84 Å². The number of methoxy groups -OCH3 is 1. The molecule has 0 radical (unpaired) electrons. The number of piperidine rings is 1. The van der Waals surface area contributed by atoms with Gasteiger partial charge in [0.05, 0.1) is 24.3 Å². The van der Waals surface area contributed by atoms with Crippen molar-refractivity contribution >= 4 is 9.84 Å². The Morgan fingerprint density at radius 1 is 1.42 bits per heavy atom. The van der Waals surface area contributed by atoms with Crippen molar-refractivity contribution in [3.8, 4) is 0 Å². The van der Waals surface area contributed by atoms with Crippen LogP contribution < -0.4 is 0 Å². The van der Waals surface area contributed by atoms with E-state index >= 15 is 0 Å². The molecule has 0 amide bonds. The van der Waals surface area contributed by atoms with Crippen LogP contribution in [0.15, 0.2) is 11.4 Å². The normalized spacial score (nSPS) is 19.3. The molecule has 1 saturated heterocycles. The van der Waals surface area contributed by atoms with Crippen molar-refractivity contribution in [2.24, 2.45) is 11.8 Å². The second-order valence-electron chi connectivity index (χ2n) is 7.60. The molecule has 1 aliphatic rings. The number of aliphatic hydroxyl groups is 1. The number of hydrogen-bond acceptors (Lipinski definition) is 6. The molecule has 8 heteroatoms. The third-order valence-electron chi connectivity index (χ3n) is 4.91. The van der Waals surface area contributed by atoms with Gasteiger partial charge in [-0.15, -0.1) is 0 Å². The van der Waals surface area contributed by atoms with Crippen LogP contribution in [0.25, 0.3) is 0 Å². The zero-order valence-electron chi connectivity index (χ0n) is 16.2. The molecule has 1 aromatic heterocycles. The molecular formula is C18H33N3O4S. The van der Waals surface area contributed by atoms with E-state index in [1.807, 2.05) is 13.8 Å². The van der Waals surface area contributed by atoms with E-state index in [4.69, 9.17) is 4.74 Å². The fourth-order valence-corrected chi connectivity index (χ4v) is 5.07. The number of nitrogens with zero attached hydrogens (tertiary/aromatic N) is 3. The first-order valence-electron chi connectivity index (χ1n) is 9.46. The number of rotatable bonds is 10. The molecule has 2 rings (SSSR count). The highest BCUT2D eigenvalue weighted by Crippen LogP contribution is 2.21. The van der Waals surface area contributed by atoms with Gasteiger partial charge in [0, 0.05) is 33.4 Å². The minimum absolute atomic E-state index is 0.115. The van der Waals surface area contributed by atoms with Crippen LogP contribution in [0.5, 0.6) is 0 Å². The summed E-state index contributed by atoms with van der Waals surface area (Å²) < 4.78 is 32.5. The first-order chi connectivity index (χ1) is 12.4. The minimum Gasteiger partial charge on any atom is -0.396 e. The van der Waals surface area contributed by atoms with Crippen LogP contribution in [0.2, 0.25) is 0 Å². The van der Waals surface area contributed by atoms with Crippen molar-refractivity contribution in [1.29, 1.82) is 0 Å². The van der Waals surface area contributed by atoms with Crippen molar-refractivity contribution in [1.82, 2.24) is 14.5 Å². The highest BCUT2D eigenvalue weighted by Gasteiger charge is 2.25. The lowest BCUT2D eigenvalue weighted by atomic mass is 9.99. The lowest BCUT2D eigenvalue weighted by Gasteiger charge is -2.31. The van der Waals surface area contributed by atoms with Gasteiger partial charge in [-0.1, -0.05) is 13.8 Å². The molecule has 0 aliphatic carbocycles. The first-order valence-corrected chi connectivity index (χ1v) is 11.1. The van der Waals surface area contributed by atoms with Gasteiger partial charge in [-0.05, 0) is 37.6 Å². The topological polar surface area (TPSA) is 84.7 Å². The second kappa shape index (κ2) is 9.82. The van der Waals surface area contributed by atoms with Crippen LogP contribution >= 0.6 is 0 Å². The average molecular weight is 388 g/mol. The van der Waals surface area contributed by atoms with Gasteiger partial charge < -0.3 is 14.4 Å². The van der Waals surface area contributed by atoms with E-state index in [0.717, 1.165) is 31.6 Å². The molecule has 0 aromatic carbocycles. The van der Waals surface area contributed by atoms with Crippen LogP contribution in [-0.4, -0.2) is 67.1 Å². The number of hydrogen-bond donors (Lipinski definition) is 1. The number of imidazole rings is 1. The molecular weight excluding hydrogens is 354 g/mol. The third-order valence-corrected chi connectivity index (χ3v) is 6.56. The van der Waals surface area contributed by atoms with Crippen molar-refractivity contribution in [2.75, 3.05) is 39.2 Å². The molecule has 0 unspecified atom stereocenters. The van der Waals surface area contributed by atoms with Crippen molar-refractivity contribution in [2.45, 2.75) is 51.4 Å². The quantitative estimate of drug-likeness (QED) is 0.656. The van der Waals surface area contributed by atoms with Crippen LogP contribution in [0, 0.1) is 11.8 Å². The Balaban J connectivity index is 2.19. The van der Waals surface area contributed by atoms with Gasteiger partial charge in [-0.2, -0.15) is 0 Å². The fourth-order valence-electron chi connectivity index (χ4n) is 3.34. The zero-order chi connectivity index (χ0) is 19.2. The molecule has 0 bridgehead atoms. The molecule has 0 spiro atoms. The van der Waals surface area contributed by atoms with Gasteiger partial charge in [0.15, 0.2) is 0 Å². The van der Waals surface area contributed by atoms with Crippen LogP contribution in [-0.2, 0) is 27.7 Å². The molecule has 26 heavy (non-hydrogen) atoms. The van der Waals surface area contributed by atoms with E-state index in [9.17, 15) is 13.5 Å². The summed E-state index contributed by atoms with van der Waals surface area (Å²) in [7, 11) is -1.80. The van der Waals surface area contributed by atoms with Crippen molar-refractivity contribution in [3.05, 3.63) is 11.9 Å². The minimum atomic E-state index is -3.41. The van der Waals surface area contributed by atoms with E-state index in [-0.39, 0.29) is 17.5 Å². The Labute approximate surface area is 157 Å². The summed E-state index contributed by atoms with van der Waals surface area (Å²) in [5.41, 5.74) is 0.892.